The number of benzene rings is 2. The third-order valence-corrected chi connectivity index (χ3v) is 4.93. The summed E-state index contributed by atoms with van der Waals surface area (Å²) in [5.74, 6) is 0.610. The van der Waals surface area contributed by atoms with Gasteiger partial charge in [-0.3, -0.25) is 0 Å². The highest BCUT2D eigenvalue weighted by atomic mass is 35.5. The predicted molar refractivity (Wildman–Crippen MR) is 88.1 cm³/mol. The minimum atomic E-state index is -3.53. The molecule has 118 valence electrons. The van der Waals surface area contributed by atoms with Crippen LogP contribution in [0.1, 0.15) is 11.1 Å². The van der Waals surface area contributed by atoms with Crippen molar-refractivity contribution in [1.82, 2.24) is 4.72 Å². The maximum atomic E-state index is 12.3. The van der Waals surface area contributed by atoms with E-state index in [2.05, 4.69) is 4.72 Å². The first kappa shape index (κ1) is 16.8. The molecule has 0 heterocycles. The van der Waals surface area contributed by atoms with Crippen molar-refractivity contribution >= 4 is 21.6 Å². The van der Waals surface area contributed by atoms with Crippen LogP contribution in [0, 0.1) is 13.8 Å². The van der Waals surface area contributed by atoms with E-state index in [-0.39, 0.29) is 13.2 Å². The van der Waals surface area contributed by atoms with Gasteiger partial charge in [0.25, 0.3) is 0 Å². The highest BCUT2D eigenvalue weighted by Crippen LogP contribution is 2.18. The lowest BCUT2D eigenvalue weighted by atomic mass is 10.2. The van der Waals surface area contributed by atoms with E-state index in [1.165, 1.54) is 0 Å². The Hall–Kier alpha value is -1.56. The predicted octanol–water partition coefficient (Wildman–Crippen LogP) is 3.31. The number of ether oxygens (including phenoxy) is 1. The van der Waals surface area contributed by atoms with Crippen LogP contribution in [0.4, 0.5) is 0 Å². The molecule has 1 N–H and O–H groups in total. The van der Waals surface area contributed by atoms with Crippen LogP contribution in [0.5, 0.6) is 5.75 Å². The molecular formula is C16H18ClNO3S. The monoisotopic (exact) mass is 339 g/mol. The number of nitrogens with one attached hydrogen (secondary N) is 1. The maximum absolute atomic E-state index is 12.3. The molecule has 0 aliphatic rings. The average molecular weight is 340 g/mol. The van der Waals surface area contributed by atoms with E-state index in [0.717, 1.165) is 5.56 Å². The van der Waals surface area contributed by atoms with Crippen molar-refractivity contribution in [3.05, 3.63) is 58.6 Å². The second-order valence-corrected chi connectivity index (χ2v) is 7.14. The summed E-state index contributed by atoms with van der Waals surface area (Å²) in [6.45, 7) is 4.05. The zero-order chi connectivity index (χ0) is 16.2. The van der Waals surface area contributed by atoms with Crippen LogP contribution in [0.3, 0.4) is 0 Å². The van der Waals surface area contributed by atoms with Gasteiger partial charge in [-0.15, -0.1) is 0 Å². The molecule has 0 bridgehead atoms. The Labute approximate surface area is 136 Å². The summed E-state index contributed by atoms with van der Waals surface area (Å²) in [7, 11) is -3.53. The van der Waals surface area contributed by atoms with Crippen molar-refractivity contribution in [2.75, 3.05) is 13.2 Å². The third kappa shape index (κ3) is 4.47. The molecule has 2 aromatic rings. The number of halogens is 1. The van der Waals surface area contributed by atoms with Gasteiger partial charge >= 0.3 is 0 Å². The number of hydrogen-bond acceptors (Lipinski definition) is 3. The number of aryl methyl sites for hydroxylation is 2. The first-order valence-electron chi connectivity index (χ1n) is 6.84. The van der Waals surface area contributed by atoms with E-state index in [0.29, 0.717) is 21.2 Å². The van der Waals surface area contributed by atoms with E-state index in [4.69, 9.17) is 16.3 Å². The molecule has 0 aliphatic carbocycles. The van der Waals surface area contributed by atoms with E-state index in [1.807, 2.05) is 13.0 Å². The van der Waals surface area contributed by atoms with Crippen molar-refractivity contribution in [3.8, 4) is 5.75 Å². The molecule has 2 aromatic carbocycles. The van der Waals surface area contributed by atoms with Crippen LogP contribution in [0.2, 0.25) is 5.02 Å². The maximum Gasteiger partial charge on any atom is 0.240 e. The summed E-state index contributed by atoms with van der Waals surface area (Å²) in [6, 6.07) is 12.3. The SMILES string of the molecule is Cc1ccc(C)c(S(=O)(=O)NCCOc2cccc(Cl)c2)c1. The van der Waals surface area contributed by atoms with Gasteiger partial charge in [0.2, 0.25) is 10.0 Å². The second kappa shape index (κ2) is 7.13. The average Bonchev–Trinajstić information content (AvgIpc) is 2.46. The highest BCUT2D eigenvalue weighted by molar-refractivity contribution is 7.89. The van der Waals surface area contributed by atoms with Crippen LogP contribution in [0.15, 0.2) is 47.4 Å². The van der Waals surface area contributed by atoms with Crippen LogP contribution in [0.25, 0.3) is 0 Å². The van der Waals surface area contributed by atoms with Crippen LogP contribution in [-0.2, 0) is 10.0 Å². The zero-order valence-corrected chi connectivity index (χ0v) is 14.0. The van der Waals surface area contributed by atoms with Gasteiger partial charge in [0, 0.05) is 11.6 Å². The molecule has 2 rings (SSSR count). The van der Waals surface area contributed by atoms with Crippen LogP contribution in [-0.4, -0.2) is 21.6 Å². The van der Waals surface area contributed by atoms with Gasteiger partial charge in [-0.2, -0.15) is 0 Å². The van der Waals surface area contributed by atoms with Crippen molar-refractivity contribution < 1.29 is 13.2 Å². The smallest absolute Gasteiger partial charge is 0.240 e. The molecule has 0 radical (unpaired) electrons. The lowest BCUT2D eigenvalue weighted by molar-refractivity contribution is 0.323. The Kier molecular flexibility index (Phi) is 5.45. The molecule has 0 saturated heterocycles. The fraction of sp³-hybridized carbons (Fsp3) is 0.250. The number of rotatable bonds is 6. The summed E-state index contributed by atoms with van der Waals surface area (Å²) in [6.07, 6.45) is 0. The molecule has 0 amide bonds. The molecule has 0 aliphatic heterocycles. The van der Waals surface area contributed by atoms with E-state index in [1.54, 1.807) is 43.3 Å². The molecule has 0 unspecified atom stereocenters. The normalized spacial score (nSPS) is 11.4. The second-order valence-electron chi connectivity index (χ2n) is 4.97. The van der Waals surface area contributed by atoms with Crippen molar-refractivity contribution in [2.45, 2.75) is 18.7 Å². The standard InChI is InChI=1S/C16H18ClNO3S/c1-12-6-7-13(2)16(10-12)22(19,20)18-8-9-21-15-5-3-4-14(17)11-15/h3-7,10-11,18H,8-9H2,1-2H3. The molecule has 22 heavy (non-hydrogen) atoms. The summed E-state index contributed by atoms with van der Waals surface area (Å²) in [5, 5.41) is 0.577. The van der Waals surface area contributed by atoms with E-state index >= 15 is 0 Å². The van der Waals surface area contributed by atoms with Crippen LogP contribution >= 0.6 is 11.6 Å². The molecular weight excluding hydrogens is 322 g/mol. The van der Waals surface area contributed by atoms with Gasteiger partial charge < -0.3 is 4.74 Å². The van der Waals surface area contributed by atoms with Crippen LogP contribution < -0.4 is 9.46 Å². The summed E-state index contributed by atoms with van der Waals surface area (Å²) in [4.78, 5) is 0.301. The first-order valence-corrected chi connectivity index (χ1v) is 8.70. The summed E-state index contributed by atoms with van der Waals surface area (Å²) >= 11 is 5.85. The number of hydrogen-bond donors (Lipinski definition) is 1. The molecule has 4 nitrogen and oxygen atoms in total. The minimum absolute atomic E-state index is 0.183. The topological polar surface area (TPSA) is 55.4 Å². The van der Waals surface area contributed by atoms with Crippen molar-refractivity contribution in [2.24, 2.45) is 0 Å². The molecule has 0 atom stereocenters. The molecule has 0 fully saturated rings. The van der Waals surface area contributed by atoms with Gasteiger partial charge in [-0.05, 0) is 49.2 Å². The van der Waals surface area contributed by atoms with Gasteiger partial charge in [-0.25, -0.2) is 13.1 Å². The fourth-order valence-corrected chi connectivity index (χ4v) is 3.50. The molecule has 6 heteroatoms. The van der Waals surface area contributed by atoms with Gasteiger partial charge in [-0.1, -0.05) is 29.8 Å². The van der Waals surface area contributed by atoms with Gasteiger partial charge in [0.1, 0.15) is 12.4 Å². The Balaban J connectivity index is 1.94. The Morgan fingerprint density at radius 1 is 1.14 bits per heavy atom. The molecule has 0 saturated carbocycles. The first-order chi connectivity index (χ1) is 10.4. The zero-order valence-electron chi connectivity index (χ0n) is 12.5. The Morgan fingerprint density at radius 3 is 2.64 bits per heavy atom. The quantitative estimate of drug-likeness (QED) is 0.821. The summed E-state index contributed by atoms with van der Waals surface area (Å²) < 4.78 is 32.6. The fourth-order valence-electron chi connectivity index (χ4n) is 1.98. The van der Waals surface area contributed by atoms with Gasteiger partial charge in [0.15, 0.2) is 0 Å². The molecule has 0 aromatic heterocycles. The van der Waals surface area contributed by atoms with E-state index in [9.17, 15) is 8.42 Å². The third-order valence-electron chi connectivity index (χ3n) is 3.09. The molecule has 0 spiro atoms. The lowest BCUT2D eigenvalue weighted by Crippen LogP contribution is -2.28. The van der Waals surface area contributed by atoms with E-state index < -0.39 is 10.0 Å². The minimum Gasteiger partial charge on any atom is -0.492 e. The Morgan fingerprint density at radius 2 is 1.91 bits per heavy atom. The van der Waals surface area contributed by atoms with Gasteiger partial charge in [0.05, 0.1) is 4.90 Å². The lowest BCUT2D eigenvalue weighted by Gasteiger charge is -2.11. The Bertz CT molecular complexity index is 760. The largest absolute Gasteiger partial charge is 0.492 e. The summed E-state index contributed by atoms with van der Waals surface area (Å²) in [5.41, 5.74) is 1.62. The number of sulfonamides is 1. The van der Waals surface area contributed by atoms with Crippen molar-refractivity contribution in [1.29, 1.82) is 0 Å². The van der Waals surface area contributed by atoms with Crippen molar-refractivity contribution in [3.63, 3.8) is 0 Å². The highest BCUT2D eigenvalue weighted by Gasteiger charge is 2.16.